The summed E-state index contributed by atoms with van der Waals surface area (Å²) in [6.45, 7) is 4.95. The van der Waals surface area contributed by atoms with E-state index < -0.39 is 0 Å². The predicted molar refractivity (Wildman–Crippen MR) is 77.9 cm³/mol. The Bertz CT molecular complexity index is 603. The molecule has 0 radical (unpaired) electrons. The maximum absolute atomic E-state index is 6.07. The van der Waals surface area contributed by atoms with Gasteiger partial charge in [-0.2, -0.15) is 0 Å². The Kier molecular flexibility index (Phi) is 4.10. The summed E-state index contributed by atoms with van der Waals surface area (Å²) in [6, 6.07) is 5.96. The molecule has 1 aromatic heterocycles. The first-order valence-corrected chi connectivity index (χ1v) is 6.72. The molecule has 0 spiro atoms. The molecule has 2 rings (SSSR count). The number of aromatic amines is 1. The van der Waals surface area contributed by atoms with Crippen molar-refractivity contribution in [3.05, 3.63) is 28.0 Å². The normalized spacial score (nSPS) is 13.4. The van der Waals surface area contributed by atoms with Gasteiger partial charge in [0.25, 0.3) is 0 Å². The highest BCUT2D eigenvalue weighted by Crippen LogP contribution is 2.26. The van der Waals surface area contributed by atoms with Crippen LogP contribution in [0, 0.1) is 10.7 Å². The standard InChI is InChI=1S/C13H17ClN2OS/c1-8(2)12(7-17-3)16-11-6-9(14)4-5-10(11)15-13(16)18/h4-6,8,12H,7H2,1-3H3,(H,15,18). The zero-order chi connectivity index (χ0) is 13.3. The molecular weight excluding hydrogens is 268 g/mol. The molecule has 0 aliphatic rings. The number of rotatable bonds is 4. The van der Waals surface area contributed by atoms with Crippen LogP contribution in [0.4, 0.5) is 0 Å². The molecule has 0 aliphatic heterocycles. The molecule has 98 valence electrons. The first kappa shape index (κ1) is 13.6. The van der Waals surface area contributed by atoms with Gasteiger partial charge in [0.05, 0.1) is 23.7 Å². The predicted octanol–water partition coefficient (Wildman–Crippen LogP) is 4.20. The minimum Gasteiger partial charge on any atom is -0.383 e. The van der Waals surface area contributed by atoms with Gasteiger partial charge in [-0.1, -0.05) is 25.4 Å². The zero-order valence-corrected chi connectivity index (χ0v) is 12.3. The molecule has 18 heavy (non-hydrogen) atoms. The number of halogens is 1. The molecule has 5 heteroatoms. The second kappa shape index (κ2) is 5.43. The van der Waals surface area contributed by atoms with Crippen LogP contribution >= 0.6 is 23.8 Å². The topological polar surface area (TPSA) is 29.9 Å². The molecule has 1 N–H and O–H groups in total. The second-order valence-corrected chi connectivity index (χ2v) is 5.55. The quantitative estimate of drug-likeness (QED) is 0.853. The third-order valence-electron chi connectivity index (χ3n) is 3.12. The minimum absolute atomic E-state index is 0.203. The molecule has 0 saturated heterocycles. The molecule has 0 aliphatic carbocycles. The minimum atomic E-state index is 0.203. The van der Waals surface area contributed by atoms with E-state index in [9.17, 15) is 0 Å². The lowest BCUT2D eigenvalue weighted by Gasteiger charge is -2.22. The van der Waals surface area contributed by atoms with Crippen molar-refractivity contribution in [3.63, 3.8) is 0 Å². The van der Waals surface area contributed by atoms with E-state index >= 15 is 0 Å². The Hall–Kier alpha value is -0.840. The van der Waals surface area contributed by atoms with E-state index in [4.69, 9.17) is 28.6 Å². The van der Waals surface area contributed by atoms with Crippen molar-refractivity contribution >= 4 is 34.9 Å². The summed E-state index contributed by atoms with van der Waals surface area (Å²) in [5, 5.41) is 0.713. The highest BCUT2D eigenvalue weighted by Gasteiger charge is 2.19. The van der Waals surface area contributed by atoms with Gasteiger partial charge >= 0.3 is 0 Å². The fraction of sp³-hybridized carbons (Fsp3) is 0.462. The lowest BCUT2D eigenvalue weighted by molar-refractivity contribution is 0.134. The number of imidazole rings is 1. The molecular formula is C13H17ClN2OS. The van der Waals surface area contributed by atoms with Gasteiger partial charge in [0.1, 0.15) is 0 Å². The number of ether oxygens (including phenoxy) is 1. The largest absolute Gasteiger partial charge is 0.383 e. The van der Waals surface area contributed by atoms with E-state index in [1.54, 1.807) is 7.11 Å². The molecule has 1 atom stereocenters. The number of hydrogen-bond acceptors (Lipinski definition) is 2. The molecule has 2 aromatic rings. The van der Waals surface area contributed by atoms with Crippen LogP contribution < -0.4 is 0 Å². The number of benzene rings is 1. The van der Waals surface area contributed by atoms with E-state index in [2.05, 4.69) is 23.4 Å². The Morgan fingerprint density at radius 3 is 2.78 bits per heavy atom. The van der Waals surface area contributed by atoms with E-state index in [-0.39, 0.29) is 6.04 Å². The van der Waals surface area contributed by atoms with E-state index in [1.807, 2.05) is 18.2 Å². The SMILES string of the molecule is COCC(C(C)C)n1c(=S)[nH]c2ccc(Cl)cc21. The summed E-state index contributed by atoms with van der Waals surface area (Å²) in [6.07, 6.45) is 0. The molecule has 0 fully saturated rings. The highest BCUT2D eigenvalue weighted by atomic mass is 35.5. The Morgan fingerprint density at radius 1 is 1.44 bits per heavy atom. The van der Waals surface area contributed by atoms with Gasteiger partial charge in [0, 0.05) is 12.1 Å². The molecule has 0 amide bonds. The smallest absolute Gasteiger partial charge is 0.178 e. The molecule has 1 unspecified atom stereocenters. The summed E-state index contributed by atoms with van der Waals surface area (Å²) >= 11 is 11.5. The van der Waals surface area contributed by atoms with Gasteiger partial charge in [0.2, 0.25) is 0 Å². The fourth-order valence-corrected chi connectivity index (χ4v) is 2.67. The van der Waals surface area contributed by atoms with Crippen molar-refractivity contribution in [1.82, 2.24) is 9.55 Å². The number of methoxy groups -OCH3 is 1. The lowest BCUT2D eigenvalue weighted by atomic mass is 10.1. The van der Waals surface area contributed by atoms with Crippen LogP contribution in [-0.4, -0.2) is 23.3 Å². The average molecular weight is 285 g/mol. The van der Waals surface area contributed by atoms with Crippen molar-refractivity contribution in [2.75, 3.05) is 13.7 Å². The Balaban J connectivity index is 2.64. The first-order valence-electron chi connectivity index (χ1n) is 5.93. The first-order chi connectivity index (χ1) is 8.54. The number of nitrogens with zero attached hydrogens (tertiary/aromatic N) is 1. The average Bonchev–Trinajstić information content (AvgIpc) is 2.61. The summed E-state index contributed by atoms with van der Waals surface area (Å²) in [5.74, 6) is 0.426. The van der Waals surface area contributed by atoms with Crippen LogP contribution in [0.3, 0.4) is 0 Å². The van der Waals surface area contributed by atoms with Crippen LogP contribution in [0.5, 0.6) is 0 Å². The van der Waals surface area contributed by atoms with Crippen LogP contribution in [0.25, 0.3) is 11.0 Å². The van der Waals surface area contributed by atoms with Crippen LogP contribution in [0.2, 0.25) is 5.02 Å². The third kappa shape index (κ3) is 2.46. The van der Waals surface area contributed by atoms with Crippen molar-refractivity contribution in [2.45, 2.75) is 19.9 Å². The van der Waals surface area contributed by atoms with Gasteiger partial charge < -0.3 is 14.3 Å². The second-order valence-electron chi connectivity index (χ2n) is 4.73. The molecule has 1 aromatic carbocycles. The third-order valence-corrected chi connectivity index (χ3v) is 3.65. The van der Waals surface area contributed by atoms with E-state index in [0.717, 1.165) is 11.0 Å². The number of fused-ring (bicyclic) bond motifs is 1. The van der Waals surface area contributed by atoms with Gasteiger partial charge in [-0.05, 0) is 36.3 Å². The maximum atomic E-state index is 6.07. The Morgan fingerprint density at radius 2 is 2.17 bits per heavy atom. The van der Waals surface area contributed by atoms with Crippen molar-refractivity contribution in [1.29, 1.82) is 0 Å². The van der Waals surface area contributed by atoms with Crippen molar-refractivity contribution in [3.8, 4) is 0 Å². The van der Waals surface area contributed by atoms with Gasteiger partial charge in [-0.15, -0.1) is 0 Å². The lowest BCUT2D eigenvalue weighted by Crippen LogP contribution is -2.20. The Labute approximate surface area is 117 Å². The summed E-state index contributed by atoms with van der Waals surface area (Å²) in [4.78, 5) is 3.21. The van der Waals surface area contributed by atoms with Crippen LogP contribution in [0.15, 0.2) is 18.2 Å². The number of H-pyrrole nitrogens is 1. The van der Waals surface area contributed by atoms with Crippen LogP contribution in [0.1, 0.15) is 19.9 Å². The number of nitrogens with one attached hydrogen (secondary N) is 1. The molecule has 3 nitrogen and oxygen atoms in total. The molecule has 0 bridgehead atoms. The molecule has 0 saturated carbocycles. The fourth-order valence-electron chi connectivity index (χ4n) is 2.16. The molecule has 1 heterocycles. The summed E-state index contributed by atoms with van der Waals surface area (Å²) in [5.41, 5.74) is 2.04. The zero-order valence-electron chi connectivity index (χ0n) is 10.7. The van der Waals surface area contributed by atoms with E-state index in [1.165, 1.54) is 0 Å². The number of aromatic nitrogens is 2. The van der Waals surface area contributed by atoms with Gasteiger partial charge in [-0.3, -0.25) is 0 Å². The number of hydrogen-bond donors (Lipinski definition) is 1. The van der Waals surface area contributed by atoms with Gasteiger partial charge in [-0.25, -0.2) is 0 Å². The monoisotopic (exact) mass is 284 g/mol. The summed E-state index contributed by atoms with van der Waals surface area (Å²) in [7, 11) is 1.71. The van der Waals surface area contributed by atoms with Crippen LogP contribution in [-0.2, 0) is 4.74 Å². The van der Waals surface area contributed by atoms with Crippen molar-refractivity contribution in [2.24, 2.45) is 5.92 Å². The van der Waals surface area contributed by atoms with Crippen molar-refractivity contribution < 1.29 is 4.74 Å². The maximum Gasteiger partial charge on any atom is 0.178 e. The highest BCUT2D eigenvalue weighted by molar-refractivity contribution is 7.71. The summed E-state index contributed by atoms with van der Waals surface area (Å²) < 4.78 is 8.12. The van der Waals surface area contributed by atoms with Gasteiger partial charge in [0.15, 0.2) is 4.77 Å². The van der Waals surface area contributed by atoms with E-state index in [0.29, 0.717) is 22.3 Å².